The summed E-state index contributed by atoms with van der Waals surface area (Å²) >= 11 is 7.19. The molecule has 0 saturated carbocycles. The van der Waals surface area contributed by atoms with Crippen LogP contribution in [0, 0.1) is 25.2 Å². The van der Waals surface area contributed by atoms with Gasteiger partial charge >= 0.3 is 0 Å². The quantitative estimate of drug-likeness (QED) is 0.271. The number of aromatic nitrogens is 2. The van der Waals surface area contributed by atoms with E-state index >= 15 is 0 Å². The zero-order valence-electron chi connectivity index (χ0n) is 17.0. The largest absolute Gasteiger partial charge is 0.487 e. The van der Waals surface area contributed by atoms with Crippen molar-refractivity contribution < 1.29 is 4.74 Å². The third-order valence-electron chi connectivity index (χ3n) is 4.85. The molecule has 0 unspecified atom stereocenters. The van der Waals surface area contributed by atoms with Gasteiger partial charge in [0.05, 0.1) is 25.6 Å². The molecule has 0 saturated heterocycles. The van der Waals surface area contributed by atoms with Crippen LogP contribution in [0.2, 0.25) is 0 Å². The fraction of sp³-hybridized carbons (Fsp3) is 0.120. The lowest BCUT2D eigenvalue weighted by molar-refractivity contribution is 0.302. The minimum atomic E-state index is 0.459. The van der Waals surface area contributed by atoms with Crippen LogP contribution in [0.4, 0.5) is 0 Å². The lowest BCUT2D eigenvalue weighted by Crippen LogP contribution is -1.97. The Morgan fingerprint density at radius 2 is 1.71 bits per heavy atom. The average molecular weight is 537 g/mol. The Bertz CT molecular complexity index is 1310. The number of nitrogens with one attached hydrogen (secondary N) is 1. The van der Waals surface area contributed by atoms with E-state index in [0.29, 0.717) is 18.0 Å². The maximum absolute atomic E-state index is 9.72. The van der Waals surface area contributed by atoms with E-state index in [0.717, 1.165) is 42.4 Å². The number of fused-ring (bicyclic) bond motifs is 1. The summed E-state index contributed by atoms with van der Waals surface area (Å²) in [6.07, 6.45) is 1.81. The van der Waals surface area contributed by atoms with Gasteiger partial charge in [-0.2, -0.15) is 5.26 Å². The van der Waals surface area contributed by atoms with Crippen LogP contribution >= 0.6 is 31.9 Å². The van der Waals surface area contributed by atoms with Crippen LogP contribution in [-0.2, 0) is 6.61 Å². The first kappa shape index (κ1) is 21.4. The standard InChI is InChI=1S/C25H19Br2N3O/c1-15-3-6-17(7-4-15)14-31-24-20(26)11-18(12-21(24)27)10-19(13-28)25-29-22-8-5-16(2)9-23(22)30-25/h3-12H,14H2,1-2H3,(H,29,30)/b19-10-. The third-order valence-corrected chi connectivity index (χ3v) is 6.03. The Labute approximate surface area is 197 Å². The van der Waals surface area contributed by atoms with Gasteiger partial charge in [-0.05, 0) is 92.7 Å². The van der Waals surface area contributed by atoms with Gasteiger partial charge in [-0.25, -0.2) is 4.98 Å². The Morgan fingerprint density at radius 1 is 1.03 bits per heavy atom. The Balaban J connectivity index is 1.60. The van der Waals surface area contributed by atoms with Gasteiger partial charge in [0.2, 0.25) is 0 Å². The molecular formula is C25H19Br2N3O. The van der Waals surface area contributed by atoms with Crippen LogP contribution in [0.15, 0.2) is 63.5 Å². The number of H-pyrrole nitrogens is 1. The fourth-order valence-electron chi connectivity index (χ4n) is 3.21. The highest BCUT2D eigenvalue weighted by molar-refractivity contribution is 9.11. The summed E-state index contributed by atoms with van der Waals surface area (Å²) in [5.41, 5.74) is 6.52. The molecule has 1 heterocycles. The molecule has 0 aliphatic rings. The van der Waals surface area contributed by atoms with Gasteiger partial charge in [0.15, 0.2) is 0 Å². The second kappa shape index (κ2) is 9.09. The Kier molecular flexibility index (Phi) is 6.26. The maximum atomic E-state index is 9.72. The number of nitriles is 1. The van der Waals surface area contributed by atoms with Crippen molar-refractivity contribution in [1.29, 1.82) is 5.26 Å². The smallest absolute Gasteiger partial charge is 0.149 e. The summed E-state index contributed by atoms with van der Waals surface area (Å²) in [6.45, 7) is 4.55. The predicted molar refractivity (Wildman–Crippen MR) is 132 cm³/mol. The summed E-state index contributed by atoms with van der Waals surface area (Å²) in [7, 11) is 0. The molecular weight excluding hydrogens is 518 g/mol. The first-order chi connectivity index (χ1) is 14.9. The van der Waals surface area contributed by atoms with Gasteiger partial charge in [0.1, 0.15) is 24.3 Å². The molecule has 4 rings (SSSR count). The Hall–Kier alpha value is -2.88. The summed E-state index contributed by atoms with van der Waals surface area (Å²) < 4.78 is 7.62. The average Bonchev–Trinajstić information content (AvgIpc) is 3.15. The van der Waals surface area contributed by atoms with Crippen molar-refractivity contribution in [1.82, 2.24) is 9.97 Å². The lowest BCUT2D eigenvalue weighted by Gasteiger charge is -2.12. The first-order valence-electron chi connectivity index (χ1n) is 9.69. The van der Waals surface area contributed by atoms with E-state index in [9.17, 15) is 5.26 Å². The zero-order chi connectivity index (χ0) is 22.0. The van der Waals surface area contributed by atoms with Crippen LogP contribution in [-0.4, -0.2) is 9.97 Å². The van der Waals surface area contributed by atoms with Gasteiger partial charge in [-0.3, -0.25) is 0 Å². The molecule has 1 aromatic heterocycles. The monoisotopic (exact) mass is 535 g/mol. The molecule has 0 radical (unpaired) electrons. The van der Waals surface area contributed by atoms with Crippen molar-refractivity contribution in [3.8, 4) is 11.8 Å². The van der Waals surface area contributed by atoms with E-state index in [2.05, 4.69) is 79.1 Å². The number of aromatic amines is 1. The maximum Gasteiger partial charge on any atom is 0.149 e. The van der Waals surface area contributed by atoms with Crippen molar-refractivity contribution in [2.45, 2.75) is 20.5 Å². The second-order valence-electron chi connectivity index (χ2n) is 7.36. The number of imidazole rings is 1. The number of nitrogens with zero attached hydrogens (tertiary/aromatic N) is 2. The topological polar surface area (TPSA) is 61.7 Å². The summed E-state index contributed by atoms with van der Waals surface area (Å²) in [5, 5.41) is 9.72. The number of hydrogen-bond donors (Lipinski definition) is 1. The van der Waals surface area contributed by atoms with Gasteiger partial charge in [0.25, 0.3) is 0 Å². The minimum Gasteiger partial charge on any atom is -0.487 e. The number of halogens is 2. The molecule has 0 aliphatic carbocycles. The number of ether oxygens (including phenoxy) is 1. The van der Waals surface area contributed by atoms with Crippen LogP contribution in [0.5, 0.6) is 5.75 Å². The zero-order valence-corrected chi connectivity index (χ0v) is 20.2. The SMILES string of the molecule is Cc1ccc(COc2c(Br)cc(/C=C(/C#N)c3nc4ccc(C)cc4[nH]3)cc2Br)cc1. The number of rotatable bonds is 5. The minimum absolute atomic E-state index is 0.459. The molecule has 0 amide bonds. The van der Waals surface area contributed by atoms with Crippen molar-refractivity contribution in [2.75, 3.05) is 0 Å². The molecule has 3 aromatic carbocycles. The van der Waals surface area contributed by atoms with Gasteiger partial charge in [0, 0.05) is 0 Å². The molecule has 4 nitrogen and oxygen atoms in total. The van der Waals surface area contributed by atoms with Crippen molar-refractivity contribution in [3.05, 3.63) is 91.6 Å². The highest BCUT2D eigenvalue weighted by Crippen LogP contribution is 2.36. The van der Waals surface area contributed by atoms with Crippen LogP contribution in [0.1, 0.15) is 28.1 Å². The lowest BCUT2D eigenvalue weighted by atomic mass is 10.1. The normalized spacial score (nSPS) is 11.5. The molecule has 154 valence electrons. The van der Waals surface area contributed by atoms with E-state index < -0.39 is 0 Å². The van der Waals surface area contributed by atoms with E-state index in [1.807, 2.05) is 43.3 Å². The van der Waals surface area contributed by atoms with E-state index in [-0.39, 0.29) is 0 Å². The van der Waals surface area contributed by atoms with Crippen LogP contribution < -0.4 is 4.74 Å². The highest BCUT2D eigenvalue weighted by Gasteiger charge is 2.12. The molecule has 4 aromatic rings. The number of allylic oxidation sites excluding steroid dienone is 1. The number of hydrogen-bond acceptors (Lipinski definition) is 3. The first-order valence-corrected chi connectivity index (χ1v) is 11.3. The molecule has 0 atom stereocenters. The summed E-state index contributed by atoms with van der Waals surface area (Å²) in [6, 6.07) is 20.3. The summed E-state index contributed by atoms with van der Waals surface area (Å²) in [4.78, 5) is 7.80. The molecule has 0 aliphatic heterocycles. The van der Waals surface area contributed by atoms with E-state index in [1.54, 1.807) is 0 Å². The summed E-state index contributed by atoms with van der Waals surface area (Å²) in [5.74, 6) is 1.27. The van der Waals surface area contributed by atoms with Crippen LogP contribution in [0.3, 0.4) is 0 Å². The fourth-order valence-corrected chi connectivity index (χ4v) is 4.66. The van der Waals surface area contributed by atoms with E-state index in [4.69, 9.17) is 4.74 Å². The van der Waals surface area contributed by atoms with E-state index in [1.165, 1.54) is 5.56 Å². The molecule has 6 heteroatoms. The van der Waals surface area contributed by atoms with Gasteiger partial charge < -0.3 is 9.72 Å². The number of benzene rings is 3. The molecule has 0 spiro atoms. The molecule has 31 heavy (non-hydrogen) atoms. The predicted octanol–water partition coefficient (Wildman–Crippen LogP) is 7.35. The van der Waals surface area contributed by atoms with Crippen molar-refractivity contribution in [3.63, 3.8) is 0 Å². The number of aryl methyl sites for hydroxylation is 2. The molecule has 1 N–H and O–H groups in total. The second-order valence-corrected chi connectivity index (χ2v) is 9.07. The molecule has 0 fully saturated rings. The Morgan fingerprint density at radius 3 is 2.39 bits per heavy atom. The van der Waals surface area contributed by atoms with Crippen molar-refractivity contribution >= 4 is 54.5 Å². The molecule has 0 bridgehead atoms. The van der Waals surface area contributed by atoms with Gasteiger partial charge in [-0.1, -0.05) is 35.9 Å². The van der Waals surface area contributed by atoms with Gasteiger partial charge in [-0.15, -0.1) is 0 Å². The third kappa shape index (κ3) is 4.90. The highest BCUT2D eigenvalue weighted by atomic mass is 79.9. The van der Waals surface area contributed by atoms with Crippen LogP contribution in [0.25, 0.3) is 22.7 Å². The van der Waals surface area contributed by atoms with Crippen molar-refractivity contribution in [2.24, 2.45) is 0 Å².